The van der Waals surface area contributed by atoms with Crippen molar-refractivity contribution >= 4 is 0 Å². The molecule has 0 aliphatic heterocycles. The van der Waals surface area contributed by atoms with Gasteiger partial charge in [0, 0.05) is 0 Å². The van der Waals surface area contributed by atoms with Crippen LogP contribution in [0.5, 0.6) is 0 Å². The van der Waals surface area contributed by atoms with Crippen LogP contribution in [0.2, 0.25) is 0 Å². The summed E-state index contributed by atoms with van der Waals surface area (Å²) in [6.07, 6.45) is 2.39. The van der Waals surface area contributed by atoms with Gasteiger partial charge in [0.25, 0.3) is 0 Å². The standard InChI is InChI=1S/C4H11N.3H2O/c1-2-3-4-5;;;/h2-5H2,1H3;3*1H2. The van der Waals surface area contributed by atoms with Gasteiger partial charge in [-0.05, 0) is 13.0 Å². The van der Waals surface area contributed by atoms with Gasteiger partial charge in [0.15, 0.2) is 0 Å². The largest absolute Gasteiger partial charge is 0.412 e. The highest BCUT2D eigenvalue weighted by atomic mass is 16.0. The number of rotatable bonds is 2. The lowest BCUT2D eigenvalue weighted by Gasteiger charge is -1.80. The molecule has 0 atom stereocenters. The van der Waals surface area contributed by atoms with E-state index in [1.54, 1.807) is 0 Å². The first kappa shape index (κ1) is 24.9. The summed E-state index contributed by atoms with van der Waals surface area (Å²) in [4.78, 5) is 0. The number of unbranched alkanes of at least 4 members (excludes halogenated alkanes) is 1. The van der Waals surface area contributed by atoms with Crippen molar-refractivity contribution in [2.24, 2.45) is 5.73 Å². The van der Waals surface area contributed by atoms with Crippen molar-refractivity contribution in [2.75, 3.05) is 6.54 Å². The van der Waals surface area contributed by atoms with E-state index in [0.29, 0.717) is 0 Å². The molecule has 56 valence electrons. The van der Waals surface area contributed by atoms with E-state index >= 15 is 0 Å². The van der Waals surface area contributed by atoms with Crippen molar-refractivity contribution < 1.29 is 16.4 Å². The second kappa shape index (κ2) is 28.9. The van der Waals surface area contributed by atoms with Crippen LogP contribution in [0.3, 0.4) is 0 Å². The second-order valence-electron chi connectivity index (χ2n) is 1.14. The molecule has 0 saturated carbocycles. The first-order valence-electron chi connectivity index (χ1n) is 2.12. The molecule has 0 rings (SSSR count). The van der Waals surface area contributed by atoms with E-state index in [-0.39, 0.29) is 16.4 Å². The Morgan fingerprint density at radius 1 is 1.12 bits per heavy atom. The molecule has 0 spiro atoms. The quantitative estimate of drug-likeness (QED) is 0.465. The third-order valence-electron chi connectivity index (χ3n) is 0.558. The molecule has 0 radical (unpaired) electrons. The van der Waals surface area contributed by atoms with E-state index in [9.17, 15) is 0 Å². The van der Waals surface area contributed by atoms with Crippen molar-refractivity contribution in [3.05, 3.63) is 0 Å². The minimum atomic E-state index is 0. The summed E-state index contributed by atoms with van der Waals surface area (Å²) in [5.41, 5.74) is 5.14. The molecule has 0 aromatic carbocycles. The molecule has 0 saturated heterocycles. The Morgan fingerprint density at radius 2 is 1.50 bits per heavy atom. The first-order valence-corrected chi connectivity index (χ1v) is 2.12. The molecular formula is C4H17NO3. The number of hydrogen-bond acceptors (Lipinski definition) is 1. The third kappa shape index (κ3) is 40.4. The highest BCUT2D eigenvalue weighted by Crippen LogP contribution is 1.77. The Bertz CT molecular complexity index is 18.8. The van der Waals surface area contributed by atoms with Crippen LogP contribution >= 0.6 is 0 Å². The van der Waals surface area contributed by atoms with E-state index < -0.39 is 0 Å². The average Bonchev–Trinajstić information content (AvgIpc) is 1.41. The molecule has 8 N–H and O–H groups in total. The fourth-order valence-corrected chi connectivity index (χ4v) is 0.204. The van der Waals surface area contributed by atoms with E-state index in [0.717, 1.165) is 6.54 Å². The summed E-state index contributed by atoms with van der Waals surface area (Å²) >= 11 is 0. The van der Waals surface area contributed by atoms with Gasteiger partial charge in [0.05, 0.1) is 0 Å². The maximum absolute atomic E-state index is 5.14. The molecule has 4 heteroatoms. The normalized spacial score (nSPS) is 5.25. The summed E-state index contributed by atoms with van der Waals surface area (Å²) in [6.45, 7) is 2.98. The summed E-state index contributed by atoms with van der Waals surface area (Å²) in [6, 6.07) is 0. The molecule has 0 fully saturated rings. The van der Waals surface area contributed by atoms with Crippen LogP contribution in [0, 0.1) is 0 Å². The predicted molar refractivity (Wildman–Crippen MR) is 34.8 cm³/mol. The SMILES string of the molecule is CCCCN.O.O.O. The molecular weight excluding hydrogens is 110 g/mol. The van der Waals surface area contributed by atoms with Gasteiger partial charge in [-0.15, -0.1) is 0 Å². The molecule has 0 aromatic rings. The van der Waals surface area contributed by atoms with Crippen molar-refractivity contribution in [1.29, 1.82) is 0 Å². The third-order valence-corrected chi connectivity index (χ3v) is 0.558. The molecule has 0 unspecified atom stereocenters. The van der Waals surface area contributed by atoms with Crippen LogP contribution < -0.4 is 5.73 Å². The van der Waals surface area contributed by atoms with Gasteiger partial charge >= 0.3 is 0 Å². The Labute approximate surface area is 49.6 Å². The molecule has 0 heterocycles. The van der Waals surface area contributed by atoms with Crippen LogP contribution in [0.4, 0.5) is 0 Å². The van der Waals surface area contributed by atoms with Gasteiger partial charge in [0.1, 0.15) is 0 Å². The molecule has 0 bridgehead atoms. The molecule has 0 aliphatic carbocycles. The fraction of sp³-hybridized carbons (Fsp3) is 1.00. The summed E-state index contributed by atoms with van der Waals surface area (Å²) in [5.74, 6) is 0. The Hall–Kier alpha value is -0.160. The lowest BCUT2D eigenvalue weighted by Crippen LogP contribution is -1.95. The van der Waals surface area contributed by atoms with Crippen LogP contribution in [-0.4, -0.2) is 23.0 Å². The molecule has 0 aliphatic rings. The zero-order valence-corrected chi connectivity index (χ0v) is 5.20. The minimum absolute atomic E-state index is 0. The highest BCUT2D eigenvalue weighted by Gasteiger charge is 1.67. The summed E-state index contributed by atoms with van der Waals surface area (Å²) in [7, 11) is 0. The van der Waals surface area contributed by atoms with Gasteiger partial charge in [-0.2, -0.15) is 0 Å². The molecule has 4 nitrogen and oxygen atoms in total. The smallest absolute Gasteiger partial charge is 0.00774 e. The van der Waals surface area contributed by atoms with Gasteiger partial charge < -0.3 is 22.2 Å². The van der Waals surface area contributed by atoms with Crippen LogP contribution in [0.1, 0.15) is 19.8 Å². The zero-order chi connectivity index (χ0) is 4.12. The van der Waals surface area contributed by atoms with E-state index in [2.05, 4.69) is 6.92 Å². The first-order chi connectivity index (χ1) is 2.41. The van der Waals surface area contributed by atoms with Gasteiger partial charge in [-0.3, -0.25) is 0 Å². The highest BCUT2D eigenvalue weighted by molar-refractivity contribution is 4.29. The summed E-state index contributed by atoms with van der Waals surface area (Å²) in [5, 5.41) is 0. The average molecular weight is 127 g/mol. The van der Waals surface area contributed by atoms with Crippen molar-refractivity contribution in [3.8, 4) is 0 Å². The van der Waals surface area contributed by atoms with E-state index in [4.69, 9.17) is 5.73 Å². The van der Waals surface area contributed by atoms with Crippen LogP contribution in [0.15, 0.2) is 0 Å². The van der Waals surface area contributed by atoms with E-state index in [1.807, 2.05) is 0 Å². The van der Waals surface area contributed by atoms with Gasteiger partial charge in [0.2, 0.25) is 0 Å². The predicted octanol–water partition coefficient (Wildman–Crippen LogP) is -1.73. The minimum Gasteiger partial charge on any atom is -0.412 e. The number of hydrogen-bond donors (Lipinski definition) is 1. The van der Waals surface area contributed by atoms with Crippen molar-refractivity contribution in [3.63, 3.8) is 0 Å². The van der Waals surface area contributed by atoms with Gasteiger partial charge in [-0.25, -0.2) is 0 Å². The summed E-state index contributed by atoms with van der Waals surface area (Å²) < 4.78 is 0. The Kier molecular flexibility index (Phi) is 89.9. The van der Waals surface area contributed by atoms with Crippen LogP contribution in [-0.2, 0) is 0 Å². The maximum atomic E-state index is 5.14. The lowest BCUT2D eigenvalue weighted by molar-refractivity contribution is 0.807. The number of nitrogens with two attached hydrogens (primary N) is 1. The Morgan fingerprint density at radius 3 is 1.50 bits per heavy atom. The fourth-order valence-electron chi connectivity index (χ4n) is 0.204. The molecule has 0 aromatic heterocycles. The van der Waals surface area contributed by atoms with Gasteiger partial charge in [-0.1, -0.05) is 13.3 Å². The maximum Gasteiger partial charge on any atom is -0.00774 e. The monoisotopic (exact) mass is 127 g/mol. The van der Waals surface area contributed by atoms with E-state index in [1.165, 1.54) is 12.8 Å². The molecule has 8 heavy (non-hydrogen) atoms. The topological polar surface area (TPSA) is 121 Å². The lowest BCUT2D eigenvalue weighted by atomic mass is 10.3. The Balaban J connectivity index is -0.0000000267. The molecule has 0 amide bonds. The van der Waals surface area contributed by atoms with Crippen molar-refractivity contribution in [1.82, 2.24) is 0 Å². The van der Waals surface area contributed by atoms with Crippen molar-refractivity contribution in [2.45, 2.75) is 19.8 Å². The second-order valence-corrected chi connectivity index (χ2v) is 1.14. The zero-order valence-electron chi connectivity index (χ0n) is 5.20. The van der Waals surface area contributed by atoms with Crippen LogP contribution in [0.25, 0.3) is 0 Å².